The molecule has 62 heavy (non-hydrogen) atoms. The van der Waals surface area contributed by atoms with Crippen molar-refractivity contribution in [3.05, 3.63) is 199 Å². The zero-order valence-electron chi connectivity index (χ0n) is 33.0. The average molecular weight is 822 g/mol. The third-order valence-electron chi connectivity index (χ3n) is 9.70. The number of anilines is 3. The minimum atomic E-state index is -0.360. The third kappa shape index (κ3) is 9.30. The van der Waals surface area contributed by atoms with E-state index in [1.165, 1.54) is 36.5 Å². The molecule has 0 unspecified atom stereocenters. The van der Waals surface area contributed by atoms with Gasteiger partial charge < -0.3 is 14.2 Å². The highest BCUT2D eigenvalue weighted by atomic mass is 16.5. The van der Waals surface area contributed by atoms with E-state index in [1.54, 1.807) is 72.8 Å². The molecule has 9 rings (SSSR count). The van der Waals surface area contributed by atoms with Gasteiger partial charge in [0.2, 0.25) is 0 Å². The number of carbonyl (C=O) groups is 6. The van der Waals surface area contributed by atoms with E-state index < -0.39 is 0 Å². The molecule has 0 atom stereocenters. The predicted molar refractivity (Wildman–Crippen MR) is 231 cm³/mol. The molecule has 3 aliphatic rings. The second-order valence-electron chi connectivity index (χ2n) is 14.1. The summed E-state index contributed by atoms with van der Waals surface area (Å²) in [5.41, 5.74) is 4.90. The Morgan fingerprint density at radius 3 is 0.758 bits per heavy atom. The molecule has 3 aliphatic heterocycles. The van der Waals surface area contributed by atoms with Gasteiger partial charge in [-0.05, 0) is 134 Å². The molecule has 6 amide bonds. The van der Waals surface area contributed by atoms with E-state index in [4.69, 9.17) is 14.2 Å². The van der Waals surface area contributed by atoms with Crippen molar-refractivity contribution in [2.45, 2.75) is 13.3 Å². The fourth-order valence-electron chi connectivity index (χ4n) is 6.55. The lowest BCUT2D eigenvalue weighted by Gasteiger charge is -2.14. The molecule has 304 valence electrons. The van der Waals surface area contributed by atoms with Crippen molar-refractivity contribution in [2.24, 2.45) is 0 Å². The highest BCUT2D eigenvalue weighted by Crippen LogP contribution is 2.30. The number of carbonyl (C=O) groups excluding carboxylic acids is 6. The van der Waals surface area contributed by atoms with Gasteiger partial charge in [0, 0.05) is 36.5 Å². The Morgan fingerprint density at radius 1 is 0.306 bits per heavy atom. The zero-order valence-corrected chi connectivity index (χ0v) is 33.0. The number of aryl methyl sites for hydroxylation is 1. The molecule has 0 spiro atoms. The van der Waals surface area contributed by atoms with E-state index in [2.05, 4.69) is 0 Å². The van der Waals surface area contributed by atoms with Gasteiger partial charge in [-0.15, -0.1) is 0 Å². The molecule has 0 N–H and O–H groups in total. The van der Waals surface area contributed by atoms with Crippen LogP contribution in [0.4, 0.5) is 17.1 Å². The first kappa shape index (κ1) is 40.2. The van der Waals surface area contributed by atoms with Crippen LogP contribution in [0.25, 0.3) is 0 Å². The lowest BCUT2D eigenvalue weighted by atomic mass is 10.0. The smallest absolute Gasteiger partial charge is 0.258 e. The average Bonchev–Trinajstić information content (AvgIpc) is 3.93. The standard InChI is InChI=1S/C33H22N2O6.C17H13NO3/c36-30-17-18-31(37)34(30)24-5-13-28(14-6-24)40-26-9-1-22(2-10-26)21-23-3-11-27(12-4-23)41-29-15-7-25(8-16-29)35-32(38)19-20-33(35)39;1-12-2-6-14(7-3-12)21-15-8-4-13(5-9-15)18-16(19)10-11-17(18)20/h1-20H,21H2;2-11H,1H3. The van der Waals surface area contributed by atoms with Crippen molar-refractivity contribution in [1.82, 2.24) is 0 Å². The zero-order chi connectivity index (χ0) is 43.2. The summed E-state index contributed by atoms with van der Waals surface area (Å²) in [6.07, 6.45) is 8.25. The van der Waals surface area contributed by atoms with Crippen molar-refractivity contribution >= 4 is 52.5 Å². The number of ether oxygens (including phenoxy) is 3. The van der Waals surface area contributed by atoms with Gasteiger partial charge in [0.15, 0.2) is 0 Å². The molecule has 0 aliphatic carbocycles. The predicted octanol–water partition coefficient (Wildman–Crippen LogP) is 8.94. The molecular formula is C50H35N3O9. The lowest BCUT2D eigenvalue weighted by Crippen LogP contribution is -2.29. The van der Waals surface area contributed by atoms with Crippen LogP contribution in [0.5, 0.6) is 34.5 Å². The Labute approximate surface area is 355 Å². The van der Waals surface area contributed by atoms with E-state index >= 15 is 0 Å². The third-order valence-corrected chi connectivity index (χ3v) is 9.70. The summed E-state index contributed by atoms with van der Waals surface area (Å²) in [6.45, 7) is 2.01. The maximum atomic E-state index is 11.8. The number of nitrogens with zero attached hydrogens (tertiary/aromatic N) is 3. The molecule has 0 radical (unpaired) electrons. The monoisotopic (exact) mass is 821 g/mol. The van der Waals surface area contributed by atoms with E-state index in [9.17, 15) is 28.8 Å². The van der Waals surface area contributed by atoms with Gasteiger partial charge >= 0.3 is 0 Å². The molecule has 0 saturated carbocycles. The molecule has 6 aromatic rings. The summed E-state index contributed by atoms with van der Waals surface area (Å²) in [4.78, 5) is 73.9. The number of hydrogen-bond donors (Lipinski definition) is 0. The van der Waals surface area contributed by atoms with Gasteiger partial charge in [0.1, 0.15) is 34.5 Å². The first-order valence-electron chi connectivity index (χ1n) is 19.3. The van der Waals surface area contributed by atoms with Crippen molar-refractivity contribution in [1.29, 1.82) is 0 Å². The number of amides is 6. The topological polar surface area (TPSA) is 140 Å². The maximum absolute atomic E-state index is 11.8. The lowest BCUT2D eigenvalue weighted by molar-refractivity contribution is -0.121. The van der Waals surface area contributed by atoms with Crippen LogP contribution < -0.4 is 28.9 Å². The normalized spacial score (nSPS) is 14.2. The SMILES string of the molecule is Cc1ccc(Oc2ccc(N3C(=O)C=CC3=O)cc2)cc1.O=C1C=CC(=O)N1c1ccc(Oc2ccc(Cc3ccc(Oc4ccc(N5C(=O)C=CC5=O)cc4)cc3)cc2)cc1. The van der Waals surface area contributed by atoms with E-state index in [1.807, 2.05) is 79.7 Å². The number of benzene rings is 6. The quantitative estimate of drug-likeness (QED) is 0.117. The summed E-state index contributed by atoms with van der Waals surface area (Å²) < 4.78 is 17.5. The highest BCUT2D eigenvalue weighted by molar-refractivity contribution is 6.29. The molecule has 3 heterocycles. The summed E-state index contributed by atoms with van der Waals surface area (Å²) in [6, 6.07) is 43.6. The van der Waals surface area contributed by atoms with Gasteiger partial charge in [0.05, 0.1) is 17.1 Å². The van der Waals surface area contributed by atoms with Crippen molar-refractivity contribution < 1.29 is 43.0 Å². The van der Waals surface area contributed by atoms with Crippen molar-refractivity contribution in [3.63, 3.8) is 0 Å². The molecule has 0 bridgehead atoms. The number of rotatable bonds is 11. The summed E-state index contributed by atoms with van der Waals surface area (Å²) >= 11 is 0. The molecular weight excluding hydrogens is 787 g/mol. The Bertz CT molecular complexity index is 2590. The van der Waals surface area contributed by atoms with E-state index in [0.29, 0.717) is 45.8 Å². The molecule has 0 aromatic heterocycles. The van der Waals surface area contributed by atoms with Gasteiger partial charge in [-0.25, -0.2) is 14.7 Å². The van der Waals surface area contributed by atoms with Crippen LogP contribution in [-0.2, 0) is 35.2 Å². The molecule has 0 fully saturated rings. The van der Waals surface area contributed by atoms with Gasteiger partial charge in [-0.2, -0.15) is 0 Å². The van der Waals surface area contributed by atoms with Crippen LogP contribution in [-0.4, -0.2) is 35.4 Å². The number of hydrogen-bond acceptors (Lipinski definition) is 9. The second-order valence-corrected chi connectivity index (χ2v) is 14.1. The minimum absolute atomic E-state index is 0.327. The fraction of sp³-hybridized carbons (Fsp3) is 0.0400. The van der Waals surface area contributed by atoms with E-state index in [-0.39, 0.29) is 35.4 Å². The molecule has 0 saturated heterocycles. The Kier molecular flexibility index (Phi) is 11.5. The fourth-order valence-corrected chi connectivity index (χ4v) is 6.55. The summed E-state index contributed by atoms with van der Waals surface area (Å²) in [5.74, 6) is 1.81. The van der Waals surface area contributed by atoms with Gasteiger partial charge in [0.25, 0.3) is 35.4 Å². The highest BCUT2D eigenvalue weighted by Gasteiger charge is 2.27. The largest absolute Gasteiger partial charge is 0.457 e. The van der Waals surface area contributed by atoms with Crippen LogP contribution in [0.2, 0.25) is 0 Å². The van der Waals surface area contributed by atoms with Crippen molar-refractivity contribution in [3.8, 4) is 34.5 Å². The Hall–Kier alpha value is -8.64. The molecule has 12 heteroatoms. The molecule has 6 aromatic carbocycles. The first-order chi connectivity index (χ1) is 30.1. The molecule has 12 nitrogen and oxygen atoms in total. The van der Waals surface area contributed by atoms with Crippen molar-refractivity contribution in [2.75, 3.05) is 14.7 Å². The van der Waals surface area contributed by atoms with Crippen LogP contribution in [0.3, 0.4) is 0 Å². The Morgan fingerprint density at radius 2 is 0.516 bits per heavy atom. The second kappa shape index (κ2) is 17.7. The van der Waals surface area contributed by atoms with Crippen LogP contribution in [0, 0.1) is 6.92 Å². The summed E-state index contributed by atoms with van der Waals surface area (Å²) in [7, 11) is 0. The van der Waals surface area contributed by atoms with Crippen LogP contribution in [0.15, 0.2) is 182 Å². The minimum Gasteiger partial charge on any atom is -0.457 e. The van der Waals surface area contributed by atoms with Crippen LogP contribution >= 0.6 is 0 Å². The maximum Gasteiger partial charge on any atom is 0.258 e. The van der Waals surface area contributed by atoms with Gasteiger partial charge in [-0.1, -0.05) is 42.0 Å². The van der Waals surface area contributed by atoms with E-state index in [0.717, 1.165) is 43.6 Å². The Balaban J connectivity index is 0.000000211. The van der Waals surface area contributed by atoms with Crippen LogP contribution in [0.1, 0.15) is 16.7 Å². The summed E-state index contributed by atoms with van der Waals surface area (Å²) in [5, 5.41) is 0. The first-order valence-corrected chi connectivity index (χ1v) is 19.3. The van der Waals surface area contributed by atoms with Gasteiger partial charge in [-0.3, -0.25) is 28.8 Å². The number of imide groups is 3.